The smallest absolute Gasteiger partial charge is 0.251 e. The first-order chi connectivity index (χ1) is 11.7. The first-order valence-electron chi connectivity index (χ1n) is 7.97. The zero-order chi connectivity index (χ0) is 18.4. The van der Waals surface area contributed by atoms with Crippen LogP contribution in [0.2, 0.25) is 5.02 Å². The van der Waals surface area contributed by atoms with Crippen molar-refractivity contribution in [1.82, 2.24) is 8.87 Å². The molecule has 0 spiro atoms. The number of sulfonamides is 1. The molecular formula is C16H20ClN3O3S2. The van der Waals surface area contributed by atoms with Gasteiger partial charge in [0.1, 0.15) is 0 Å². The monoisotopic (exact) mass is 401 g/mol. The summed E-state index contributed by atoms with van der Waals surface area (Å²) in [4.78, 5) is 17.5. The van der Waals surface area contributed by atoms with Crippen molar-refractivity contribution in [3.05, 3.63) is 27.5 Å². The third kappa shape index (κ3) is 3.67. The number of thiazole rings is 1. The summed E-state index contributed by atoms with van der Waals surface area (Å²) < 4.78 is 27.4. The number of hydrogen-bond acceptors (Lipinski definition) is 4. The van der Waals surface area contributed by atoms with Gasteiger partial charge in [-0.3, -0.25) is 4.79 Å². The second-order valence-corrected chi connectivity index (χ2v) is 9.74. The summed E-state index contributed by atoms with van der Waals surface area (Å²) >= 11 is 7.67. The molecule has 3 rings (SSSR count). The second-order valence-electron chi connectivity index (χ2n) is 6.37. The predicted molar refractivity (Wildman–Crippen MR) is 100 cm³/mol. The molecular weight excluding hydrogens is 382 g/mol. The van der Waals surface area contributed by atoms with Crippen molar-refractivity contribution >= 4 is 49.1 Å². The maximum atomic E-state index is 12.5. The van der Waals surface area contributed by atoms with Gasteiger partial charge in [0.15, 0.2) is 4.80 Å². The Bertz CT molecular complexity index is 1000. The zero-order valence-corrected chi connectivity index (χ0v) is 16.7. The number of nitrogens with zero attached hydrogens (tertiary/aromatic N) is 3. The minimum Gasteiger partial charge on any atom is -0.319 e. The van der Waals surface area contributed by atoms with E-state index in [1.165, 1.54) is 21.9 Å². The Morgan fingerprint density at radius 2 is 1.96 bits per heavy atom. The van der Waals surface area contributed by atoms with E-state index >= 15 is 0 Å². The Morgan fingerprint density at radius 3 is 2.52 bits per heavy atom. The van der Waals surface area contributed by atoms with E-state index < -0.39 is 10.0 Å². The van der Waals surface area contributed by atoms with Gasteiger partial charge >= 0.3 is 0 Å². The molecule has 1 amide bonds. The molecule has 1 saturated heterocycles. The lowest BCUT2D eigenvalue weighted by Gasteiger charge is -2.28. The number of aryl methyl sites for hydroxylation is 2. The zero-order valence-electron chi connectivity index (χ0n) is 14.3. The van der Waals surface area contributed by atoms with Crippen LogP contribution in [0.15, 0.2) is 17.1 Å². The highest BCUT2D eigenvalue weighted by Gasteiger charge is 2.28. The molecule has 0 saturated carbocycles. The van der Waals surface area contributed by atoms with Crippen LogP contribution in [0.1, 0.15) is 18.4 Å². The maximum absolute atomic E-state index is 12.5. The number of aromatic nitrogens is 1. The normalized spacial score (nSPS) is 18.2. The maximum Gasteiger partial charge on any atom is 0.251 e. The fourth-order valence-corrected chi connectivity index (χ4v) is 5.38. The summed E-state index contributed by atoms with van der Waals surface area (Å²) in [5.74, 6) is -0.427. The summed E-state index contributed by atoms with van der Waals surface area (Å²) in [7, 11) is -1.32. The Labute approximate surface area is 155 Å². The van der Waals surface area contributed by atoms with Crippen molar-refractivity contribution < 1.29 is 13.2 Å². The molecule has 25 heavy (non-hydrogen) atoms. The SMILES string of the molecule is Cc1ccc(Cl)c2sc(=NC(=O)C3CCN(S(C)(=O)=O)CC3)n(C)c12. The third-order valence-corrected chi connectivity index (χ3v) is 7.47. The number of piperidine rings is 1. The Kier molecular flexibility index (Phi) is 5.07. The van der Waals surface area contributed by atoms with Gasteiger partial charge in [0.2, 0.25) is 10.0 Å². The van der Waals surface area contributed by atoms with Crippen LogP contribution in [0, 0.1) is 12.8 Å². The van der Waals surface area contributed by atoms with Gasteiger partial charge in [-0.25, -0.2) is 12.7 Å². The predicted octanol–water partition coefficient (Wildman–Crippen LogP) is 2.30. The van der Waals surface area contributed by atoms with Gasteiger partial charge in [0, 0.05) is 26.1 Å². The number of benzene rings is 1. The summed E-state index contributed by atoms with van der Waals surface area (Å²) in [5.41, 5.74) is 2.06. The van der Waals surface area contributed by atoms with Crippen LogP contribution in [0.5, 0.6) is 0 Å². The molecule has 2 heterocycles. The van der Waals surface area contributed by atoms with Gasteiger partial charge < -0.3 is 4.57 Å². The lowest BCUT2D eigenvalue weighted by Crippen LogP contribution is -2.39. The molecule has 136 valence electrons. The van der Waals surface area contributed by atoms with Crippen LogP contribution in [0.25, 0.3) is 10.2 Å². The molecule has 0 unspecified atom stereocenters. The topological polar surface area (TPSA) is 71.7 Å². The summed E-state index contributed by atoms with van der Waals surface area (Å²) in [6, 6.07) is 3.80. The molecule has 1 aliphatic rings. The largest absolute Gasteiger partial charge is 0.319 e. The molecule has 0 atom stereocenters. The highest BCUT2D eigenvalue weighted by Crippen LogP contribution is 2.28. The molecule has 1 aliphatic heterocycles. The Balaban J connectivity index is 1.88. The van der Waals surface area contributed by atoms with Crippen LogP contribution in [0.4, 0.5) is 0 Å². The highest BCUT2D eigenvalue weighted by molar-refractivity contribution is 7.88. The van der Waals surface area contributed by atoms with Crippen molar-refractivity contribution in [3.63, 3.8) is 0 Å². The number of fused-ring (bicyclic) bond motifs is 1. The van der Waals surface area contributed by atoms with Gasteiger partial charge in [-0.05, 0) is 31.4 Å². The molecule has 0 aliphatic carbocycles. The molecule has 1 aromatic carbocycles. The van der Waals surface area contributed by atoms with E-state index in [1.54, 1.807) is 0 Å². The summed E-state index contributed by atoms with van der Waals surface area (Å²) in [6.07, 6.45) is 2.20. The Hall–Kier alpha value is -1.22. The van der Waals surface area contributed by atoms with E-state index in [-0.39, 0.29) is 11.8 Å². The van der Waals surface area contributed by atoms with Crippen LogP contribution in [-0.2, 0) is 21.9 Å². The van der Waals surface area contributed by atoms with Gasteiger partial charge in [-0.2, -0.15) is 4.99 Å². The first-order valence-corrected chi connectivity index (χ1v) is 11.0. The van der Waals surface area contributed by atoms with Crippen molar-refractivity contribution in [2.75, 3.05) is 19.3 Å². The molecule has 1 aromatic heterocycles. The average Bonchev–Trinajstić information content (AvgIpc) is 2.88. The average molecular weight is 402 g/mol. The van der Waals surface area contributed by atoms with Crippen LogP contribution < -0.4 is 4.80 Å². The van der Waals surface area contributed by atoms with Crippen LogP contribution in [0.3, 0.4) is 0 Å². The highest BCUT2D eigenvalue weighted by atomic mass is 35.5. The lowest BCUT2D eigenvalue weighted by molar-refractivity contribution is -0.122. The number of hydrogen-bond donors (Lipinski definition) is 0. The van der Waals surface area contributed by atoms with Crippen molar-refractivity contribution in [2.45, 2.75) is 19.8 Å². The van der Waals surface area contributed by atoms with E-state index in [0.29, 0.717) is 35.8 Å². The minimum absolute atomic E-state index is 0.191. The number of carbonyl (C=O) groups is 1. The summed E-state index contributed by atoms with van der Waals surface area (Å²) in [5, 5.41) is 0.650. The second kappa shape index (κ2) is 6.83. The van der Waals surface area contributed by atoms with E-state index in [1.807, 2.05) is 30.7 Å². The lowest BCUT2D eigenvalue weighted by atomic mass is 9.98. The first kappa shape index (κ1) is 18.6. The van der Waals surface area contributed by atoms with E-state index in [0.717, 1.165) is 15.8 Å². The molecule has 0 bridgehead atoms. The van der Waals surface area contributed by atoms with E-state index in [4.69, 9.17) is 11.6 Å². The standard InChI is InChI=1S/C16H20ClN3O3S2/c1-10-4-5-12(17)14-13(10)19(2)16(24-14)18-15(21)11-6-8-20(9-7-11)25(3,22)23/h4-5,11H,6-9H2,1-3H3. The van der Waals surface area contributed by atoms with Gasteiger partial charge in [0.05, 0.1) is 21.5 Å². The minimum atomic E-state index is -3.19. The molecule has 0 radical (unpaired) electrons. The Morgan fingerprint density at radius 1 is 1.32 bits per heavy atom. The molecule has 2 aromatic rings. The molecule has 6 nitrogen and oxygen atoms in total. The number of rotatable bonds is 2. The third-order valence-electron chi connectivity index (χ3n) is 4.58. The fourth-order valence-electron chi connectivity index (χ4n) is 3.13. The number of halogens is 1. The van der Waals surface area contributed by atoms with Crippen molar-refractivity contribution in [2.24, 2.45) is 18.0 Å². The quantitative estimate of drug-likeness (QED) is 0.775. The summed E-state index contributed by atoms with van der Waals surface area (Å²) in [6.45, 7) is 2.74. The van der Waals surface area contributed by atoms with E-state index in [9.17, 15) is 13.2 Å². The van der Waals surface area contributed by atoms with Gasteiger partial charge in [-0.1, -0.05) is 29.0 Å². The van der Waals surface area contributed by atoms with Gasteiger partial charge in [0.25, 0.3) is 5.91 Å². The van der Waals surface area contributed by atoms with E-state index in [2.05, 4.69) is 4.99 Å². The molecule has 0 N–H and O–H groups in total. The van der Waals surface area contributed by atoms with Crippen molar-refractivity contribution in [1.29, 1.82) is 0 Å². The van der Waals surface area contributed by atoms with Crippen LogP contribution in [-0.4, -0.2) is 42.5 Å². The van der Waals surface area contributed by atoms with Crippen molar-refractivity contribution in [3.8, 4) is 0 Å². The number of carbonyl (C=O) groups excluding carboxylic acids is 1. The molecule has 9 heteroatoms. The fraction of sp³-hybridized carbons (Fsp3) is 0.500. The van der Waals surface area contributed by atoms with Gasteiger partial charge in [-0.15, -0.1) is 0 Å². The van der Waals surface area contributed by atoms with Crippen LogP contribution >= 0.6 is 22.9 Å². The molecule has 1 fully saturated rings. The number of amides is 1.